The molecular weight excluding hydrogens is 210 g/mol. The molecule has 0 spiro atoms. The summed E-state index contributed by atoms with van der Waals surface area (Å²) < 4.78 is 0. The molecule has 0 saturated carbocycles. The highest BCUT2D eigenvalue weighted by Crippen LogP contribution is 2.07. The summed E-state index contributed by atoms with van der Waals surface area (Å²) >= 11 is 0. The normalized spacial score (nSPS) is 20.4. The number of piperidine rings is 1. The molecule has 0 aliphatic carbocycles. The first kappa shape index (κ1) is 12.9. The molecule has 6 nitrogen and oxygen atoms in total. The number of nitrogens with two attached hydrogens (primary N) is 1. The Balaban J connectivity index is 2.26. The molecule has 0 aromatic rings. The summed E-state index contributed by atoms with van der Waals surface area (Å²) in [5, 5.41) is 11.1. The minimum Gasteiger partial charge on any atom is -0.480 e. The molecule has 1 rings (SSSR count). The summed E-state index contributed by atoms with van der Waals surface area (Å²) in [5.74, 6) is -1.26. The predicted octanol–water partition coefficient (Wildman–Crippen LogP) is -1.00. The maximum atomic E-state index is 11.5. The van der Waals surface area contributed by atoms with Crippen LogP contribution in [0, 0.1) is 0 Å². The first-order chi connectivity index (χ1) is 7.49. The highest BCUT2D eigenvalue weighted by atomic mass is 16.4. The quantitative estimate of drug-likeness (QED) is 0.574. The SMILES string of the molecule is CC(NC(=O)CN1CCC(N)CC1)C(=O)O. The lowest BCUT2D eigenvalue weighted by atomic mass is 10.1. The summed E-state index contributed by atoms with van der Waals surface area (Å²) in [7, 11) is 0. The van der Waals surface area contributed by atoms with E-state index in [9.17, 15) is 9.59 Å². The van der Waals surface area contributed by atoms with Gasteiger partial charge in [-0.1, -0.05) is 0 Å². The summed E-state index contributed by atoms with van der Waals surface area (Å²) in [4.78, 5) is 24.0. The molecule has 1 atom stereocenters. The molecule has 0 bridgehead atoms. The van der Waals surface area contributed by atoms with Crippen LogP contribution >= 0.6 is 0 Å². The molecule has 16 heavy (non-hydrogen) atoms. The molecule has 1 aliphatic heterocycles. The topological polar surface area (TPSA) is 95.7 Å². The molecule has 4 N–H and O–H groups in total. The molecule has 1 aliphatic rings. The van der Waals surface area contributed by atoms with Crippen molar-refractivity contribution in [3.05, 3.63) is 0 Å². The maximum Gasteiger partial charge on any atom is 0.325 e. The third-order valence-corrected chi connectivity index (χ3v) is 2.75. The van der Waals surface area contributed by atoms with E-state index in [1.807, 2.05) is 4.90 Å². The minimum absolute atomic E-state index is 0.234. The minimum atomic E-state index is -1.02. The molecule has 0 aromatic heterocycles. The van der Waals surface area contributed by atoms with E-state index in [0.717, 1.165) is 25.9 Å². The van der Waals surface area contributed by atoms with Gasteiger partial charge in [-0.25, -0.2) is 0 Å². The summed E-state index contributed by atoms with van der Waals surface area (Å²) in [5.41, 5.74) is 5.74. The number of rotatable bonds is 4. The van der Waals surface area contributed by atoms with Gasteiger partial charge in [0.25, 0.3) is 0 Å². The molecule has 1 saturated heterocycles. The average molecular weight is 229 g/mol. The van der Waals surface area contributed by atoms with E-state index in [1.165, 1.54) is 6.92 Å². The van der Waals surface area contributed by atoms with E-state index in [-0.39, 0.29) is 18.5 Å². The van der Waals surface area contributed by atoms with E-state index in [1.54, 1.807) is 0 Å². The Kier molecular flexibility index (Phi) is 4.70. The fourth-order valence-electron chi connectivity index (χ4n) is 1.66. The molecule has 0 aromatic carbocycles. The van der Waals surface area contributed by atoms with Crippen molar-refractivity contribution in [2.75, 3.05) is 19.6 Å². The van der Waals surface area contributed by atoms with Gasteiger partial charge in [0.2, 0.25) is 5.91 Å². The molecule has 1 amide bonds. The second-order valence-electron chi connectivity index (χ2n) is 4.24. The number of nitrogens with zero attached hydrogens (tertiary/aromatic N) is 1. The largest absolute Gasteiger partial charge is 0.480 e. The molecular formula is C10H19N3O3. The highest BCUT2D eigenvalue weighted by molar-refractivity contribution is 5.84. The number of carbonyl (C=O) groups excluding carboxylic acids is 1. The van der Waals surface area contributed by atoms with Gasteiger partial charge in [0.15, 0.2) is 0 Å². The number of carbonyl (C=O) groups is 2. The number of likely N-dealkylation sites (tertiary alicyclic amines) is 1. The first-order valence-electron chi connectivity index (χ1n) is 5.49. The van der Waals surface area contributed by atoms with Crippen LogP contribution < -0.4 is 11.1 Å². The number of nitrogens with one attached hydrogen (secondary N) is 1. The molecule has 1 fully saturated rings. The van der Waals surface area contributed by atoms with E-state index in [0.29, 0.717) is 0 Å². The summed E-state index contributed by atoms with van der Waals surface area (Å²) in [6, 6.07) is -0.600. The van der Waals surface area contributed by atoms with Crippen LogP contribution in [0.4, 0.5) is 0 Å². The van der Waals surface area contributed by atoms with Gasteiger partial charge in [-0.3, -0.25) is 14.5 Å². The standard InChI is InChI=1S/C10H19N3O3/c1-7(10(15)16)12-9(14)6-13-4-2-8(11)3-5-13/h7-8H,2-6,11H2,1H3,(H,12,14)(H,15,16). The molecule has 6 heteroatoms. The number of hydrogen-bond donors (Lipinski definition) is 3. The average Bonchev–Trinajstić information content (AvgIpc) is 2.21. The van der Waals surface area contributed by atoms with Crippen molar-refractivity contribution in [2.45, 2.75) is 31.8 Å². The number of hydrogen-bond acceptors (Lipinski definition) is 4. The lowest BCUT2D eigenvalue weighted by molar-refractivity contribution is -0.141. The lowest BCUT2D eigenvalue weighted by Gasteiger charge is -2.29. The van der Waals surface area contributed by atoms with Crippen molar-refractivity contribution < 1.29 is 14.7 Å². The first-order valence-corrected chi connectivity index (χ1v) is 5.49. The van der Waals surface area contributed by atoms with Crippen LogP contribution in [0.3, 0.4) is 0 Å². The zero-order chi connectivity index (χ0) is 12.1. The smallest absolute Gasteiger partial charge is 0.325 e. The van der Waals surface area contributed by atoms with Crippen molar-refractivity contribution in [2.24, 2.45) is 5.73 Å². The van der Waals surface area contributed by atoms with Crippen molar-refractivity contribution in [3.63, 3.8) is 0 Å². The van der Waals surface area contributed by atoms with Crippen LogP contribution in [0.2, 0.25) is 0 Å². The van der Waals surface area contributed by atoms with E-state index >= 15 is 0 Å². The van der Waals surface area contributed by atoms with Crippen molar-refractivity contribution >= 4 is 11.9 Å². The van der Waals surface area contributed by atoms with Crippen LogP contribution in [0.1, 0.15) is 19.8 Å². The monoisotopic (exact) mass is 229 g/mol. The second kappa shape index (κ2) is 5.81. The highest BCUT2D eigenvalue weighted by Gasteiger charge is 2.20. The van der Waals surface area contributed by atoms with Gasteiger partial charge in [0.1, 0.15) is 6.04 Å². The van der Waals surface area contributed by atoms with Gasteiger partial charge in [-0.2, -0.15) is 0 Å². The van der Waals surface area contributed by atoms with Gasteiger partial charge in [0, 0.05) is 19.1 Å². The van der Waals surface area contributed by atoms with E-state index < -0.39 is 12.0 Å². The second-order valence-corrected chi connectivity index (χ2v) is 4.24. The summed E-state index contributed by atoms with van der Waals surface area (Å²) in [6.07, 6.45) is 1.78. The van der Waals surface area contributed by atoms with Crippen LogP contribution in [0.25, 0.3) is 0 Å². The fourth-order valence-corrected chi connectivity index (χ4v) is 1.66. The van der Waals surface area contributed by atoms with Gasteiger partial charge in [-0.15, -0.1) is 0 Å². The third-order valence-electron chi connectivity index (χ3n) is 2.75. The maximum absolute atomic E-state index is 11.5. The van der Waals surface area contributed by atoms with E-state index in [2.05, 4.69) is 5.32 Å². The van der Waals surface area contributed by atoms with E-state index in [4.69, 9.17) is 10.8 Å². The van der Waals surface area contributed by atoms with Gasteiger partial charge in [-0.05, 0) is 19.8 Å². The molecule has 92 valence electrons. The zero-order valence-corrected chi connectivity index (χ0v) is 9.48. The van der Waals surface area contributed by atoms with Crippen LogP contribution in [-0.2, 0) is 9.59 Å². The molecule has 1 heterocycles. The Bertz CT molecular complexity index is 262. The van der Waals surface area contributed by atoms with Gasteiger partial charge in [0.05, 0.1) is 6.54 Å². The number of carboxylic acid groups (broad SMARTS) is 1. The third kappa shape index (κ3) is 4.16. The van der Waals surface area contributed by atoms with Crippen molar-refractivity contribution in [1.29, 1.82) is 0 Å². The Hall–Kier alpha value is -1.14. The van der Waals surface area contributed by atoms with Gasteiger partial charge < -0.3 is 16.2 Å². The number of amides is 1. The Morgan fingerprint density at radius 2 is 2.06 bits per heavy atom. The van der Waals surface area contributed by atoms with Gasteiger partial charge >= 0.3 is 5.97 Å². The van der Waals surface area contributed by atoms with Crippen molar-refractivity contribution in [1.82, 2.24) is 10.2 Å². The van der Waals surface area contributed by atoms with Crippen LogP contribution in [0.15, 0.2) is 0 Å². The zero-order valence-electron chi connectivity index (χ0n) is 9.48. The molecule has 1 unspecified atom stereocenters. The Morgan fingerprint density at radius 3 is 2.56 bits per heavy atom. The lowest BCUT2D eigenvalue weighted by Crippen LogP contribution is -2.47. The number of aliphatic carboxylic acids is 1. The van der Waals surface area contributed by atoms with Crippen molar-refractivity contribution in [3.8, 4) is 0 Å². The summed E-state index contributed by atoms with van der Waals surface area (Å²) in [6.45, 7) is 3.31. The fraction of sp³-hybridized carbons (Fsp3) is 0.800. The van der Waals surface area contributed by atoms with Crippen LogP contribution in [0.5, 0.6) is 0 Å². The molecule has 0 radical (unpaired) electrons. The Morgan fingerprint density at radius 1 is 1.50 bits per heavy atom. The Labute approximate surface area is 94.8 Å². The predicted molar refractivity (Wildman–Crippen MR) is 58.9 cm³/mol. The van der Waals surface area contributed by atoms with Crippen LogP contribution in [-0.4, -0.2) is 53.6 Å². The number of carboxylic acids is 1.